The zero-order valence-corrected chi connectivity index (χ0v) is 22.8. The summed E-state index contributed by atoms with van der Waals surface area (Å²) in [6.45, 7) is 2.69. The van der Waals surface area contributed by atoms with Gasteiger partial charge in [0.25, 0.3) is 5.91 Å². The Labute approximate surface area is 237 Å². The number of carbonyl (C=O) groups is 2. The highest BCUT2D eigenvalue weighted by Gasteiger charge is 2.47. The number of nitrogens with two attached hydrogens (primary N) is 1. The number of ketones is 1. The van der Waals surface area contributed by atoms with Crippen LogP contribution in [-0.2, 0) is 23.3 Å². The number of nitrogens with zero attached hydrogens (tertiary/aromatic N) is 5. The number of piperidine rings is 1. The van der Waals surface area contributed by atoms with Crippen LogP contribution in [0.1, 0.15) is 46.4 Å². The standard InChI is InChI=1S/C31H31FN6O3/c1-19-21(7-8-23(29(19)40)20-5-3-2-4-6-20)16-37-12-10-31(9-11-33,28(32)18-37)38-17-25(30(35)41)26(36-38)14-27(39)24-13-22(24)15-34/h2-8,17,22,24,28,40H,9-10,12-14,16,18H2,1H3,(H2,35,41). The number of hydrogen-bond donors (Lipinski definition) is 2. The van der Waals surface area contributed by atoms with E-state index in [2.05, 4.69) is 17.2 Å². The molecule has 1 aliphatic heterocycles. The number of nitriles is 2. The van der Waals surface area contributed by atoms with E-state index in [1.165, 1.54) is 10.9 Å². The Morgan fingerprint density at radius 2 is 1.98 bits per heavy atom. The minimum Gasteiger partial charge on any atom is -0.507 e. The van der Waals surface area contributed by atoms with Crippen molar-refractivity contribution >= 4 is 11.7 Å². The van der Waals surface area contributed by atoms with Crippen molar-refractivity contribution in [2.75, 3.05) is 13.1 Å². The molecule has 41 heavy (non-hydrogen) atoms. The Bertz CT molecular complexity index is 1570. The van der Waals surface area contributed by atoms with Crippen molar-refractivity contribution < 1.29 is 19.1 Å². The van der Waals surface area contributed by atoms with Crippen LogP contribution in [-0.4, -0.2) is 50.7 Å². The molecule has 210 valence electrons. The summed E-state index contributed by atoms with van der Waals surface area (Å²) >= 11 is 0. The molecule has 1 amide bonds. The number of aromatic nitrogens is 2. The lowest BCUT2D eigenvalue weighted by Crippen LogP contribution is -2.54. The van der Waals surface area contributed by atoms with Crippen LogP contribution in [0.5, 0.6) is 5.75 Å². The van der Waals surface area contributed by atoms with Crippen LogP contribution >= 0.6 is 0 Å². The van der Waals surface area contributed by atoms with E-state index >= 15 is 4.39 Å². The molecule has 0 spiro atoms. The van der Waals surface area contributed by atoms with E-state index in [-0.39, 0.29) is 60.4 Å². The zero-order chi connectivity index (χ0) is 29.3. The quantitative estimate of drug-likeness (QED) is 0.409. The predicted molar refractivity (Wildman–Crippen MR) is 148 cm³/mol. The zero-order valence-electron chi connectivity index (χ0n) is 22.8. The fourth-order valence-corrected chi connectivity index (χ4v) is 5.78. The second kappa shape index (κ2) is 11.1. The first kappa shape index (κ1) is 28.0. The molecule has 3 aromatic rings. The van der Waals surface area contributed by atoms with Gasteiger partial charge in [0.05, 0.1) is 42.2 Å². The topological polar surface area (TPSA) is 149 Å². The third-order valence-electron chi connectivity index (χ3n) is 8.49. The molecule has 3 N–H and O–H groups in total. The summed E-state index contributed by atoms with van der Waals surface area (Å²) in [6.07, 6.45) is 0.200. The van der Waals surface area contributed by atoms with Crippen LogP contribution in [0.3, 0.4) is 0 Å². The van der Waals surface area contributed by atoms with Crippen LogP contribution in [0.25, 0.3) is 11.1 Å². The number of phenols is 1. The maximum absolute atomic E-state index is 16.1. The Kier molecular flexibility index (Phi) is 7.61. The molecule has 0 radical (unpaired) electrons. The summed E-state index contributed by atoms with van der Waals surface area (Å²) in [7, 11) is 0. The molecule has 1 aliphatic carbocycles. The molecule has 4 atom stereocenters. The van der Waals surface area contributed by atoms with Gasteiger partial charge in [-0.3, -0.25) is 19.2 Å². The van der Waals surface area contributed by atoms with Gasteiger partial charge in [0.15, 0.2) is 0 Å². The van der Waals surface area contributed by atoms with Crippen molar-refractivity contribution in [2.45, 2.75) is 50.9 Å². The summed E-state index contributed by atoms with van der Waals surface area (Å²) in [5.41, 5.74) is 7.61. The summed E-state index contributed by atoms with van der Waals surface area (Å²) < 4.78 is 17.4. The fraction of sp³-hybridized carbons (Fsp3) is 0.387. The molecule has 0 bridgehead atoms. The van der Waals surface area contributed by atoms with Gasteiger partial charge < -0.3 is 10.8 Å². The highest BCUT2D eigenvalue weighted by atomic mass is 19.1. The lowest BCUT2D eigenvalue weighted by molar-refractivity contribution is -0.119. The minimum absolute atomic E-state index is 0.00821. The first-order valence-corrected chi connectivity index (χ1v) is 13.6. The predicted octanol–water partition coefficient (Wildman–Crippen LogP) is 3.79. The van der Waals surface area contributed by atoms with Crippen molar-refractivity contribution in [1.82, 2.24) is 14.7 Å². The number of Topliss-reactive ketones (excluding diaryl/α,β-unsaturated/α-hetero) is 1. The van der Waals surface area contributed by atoms with Gasteiger partial charge in [0.1, 0.15) is 23.2 Å². The van der Waals surface area contributed by atoms with Gasteiger partial charge in [0.2, 0.25) is 0 Å². The number of halogens is 1. The molecular weight excluding hydrogens is 523 g/mol. The Morgan fingerprint density at radius 1 is 1.22 bits per heavy atom. The van der Waals surface area contributed by atoms with Gasteiger partial charge in [-0.05, 0) is 36.5 Å². The van der Waals surface area contributed by atoms with Crippen molar-refractivity contribution in [1.29, 1.82) is 10.5 Å². The number of rotatable bonds is 9. The van der Waals surface area contributed by atoms with E-state index in [0.29, 0.717) is 19.5 Å². The molecule has 2 aliphatic rings. The van der Waals surface area contributed by atoms with E-state index in [1.807, 2.05) is 54.3 Å². The molecule has 1 aromatic heterocycles. The number of primary amides is 1. The summed E-state index contributed by atoms with van der Waals surface area (Å²) in [5, 5.41) is 34.0. The van der Waals surface area contributed by atoms with Crippen molar-refractivity contribution in [3.8, 4) is 29.0 Å². The number of benzene rings is 2. The molecular formula is C31H31FN6O3. The maximum Gasteiger partial charge on any atom is 0.252 e. The fourth-order valence-electron chi connectivity index (χ4n) is 5.78. The van der Waals surface area contributed by atoms with Gasteiger partial charge in [-0.2, -0.15) is 15.6 Å². The van der Waals surface area contributed by atoms with Crippen molar-refractivity contribution in [2.24, 2.45) is 17.6 Å². The smallest absolute Gasteiger partial charge is 0.252 e. The number of alkyl halides is 1. The third-order valence-corrected chi connectivity index (χ3v) is 8.49. The number of amides is 1. The third kappa shape index (κ3) is 5.31. The number of hydrogen-bond acceptors (Lipinski definition) is 7. The second-order valence-corrected chi connectivity index (χ2v) is 11.0. The van der Waals surface area contributed by atoms with Crippen molar-refractivity contribution in [3.05, 3.63) is 71.0 Å². The largest absolute Gasteiger partial charge is 0.507 e. The molecule has 4 unspecified atom stereocenters. The van der Waals surface area contributed by atoms with Gasteiger partial charge in [-0.15, -0.1) is 0 Å². The average molecular weight is 555 g/mol. The minimum atomic E-state index is -1.51. The van der Waals surface area contributed by atoms with Crippen LogP contribution in [0, 0.1) is 41.4 Å². The maximum atomic E-state index is 16.1. The van der Waals surface area contributed by atoms with Gasteiger partial charge >= 0.3 is 0 Å². The summed E-state index contributed by atoms with van der Waals surface area (Å²) in [4.78, 5) is 26.8. The molecule has 10 heteroatoms. The molecule has 9 nitrogen and oxygen atoms in total. The van der Waals surface area contributed by atoms with Gasteiger partial charge in [-0.1, -0.05) is 42.5 Å². The first-order chi connectivity index (χ1) is 19.7. The Balaban J connectivity index is 1.35. The molecule has 1 saturated carbocycles. The van der Waals surface area contributed by atoms with Crippen LogP contribution < -0.4 is 5.73 Å². The van der Waals surface area contributed by atoms with Crippen LogP contribution in [0.4, 0.5) is 4.39 Å². The van der Waals surface area contributed by atoms with E-state index < -0.39 is 17.6 Å². The molecule has 5 rings (SSSR count). The highest BCUT2D eigenvalue weighted by Crippen LogP contribution is 2.40. The summed E-state index contributed by atoms with van der Waals surface area (Å²) in [6, 6.07) is 17.5. The lowest BCUT2D eigenvalue weighted by Gasteiger charge is -2.43. The lowest BCUT2D eigenvalue weighted by atomic mass is 9.83. The van der Waals surface area contributed by atoms with Crippen molar-refractivity contribution in [3.63, 3.8) is 0 Å². The van der Waals surface area contributed by atoms with E-state index in [0.717, 1.165) is 22.3 Å². The second-order valence-electron chi connectivity index (χ2n) is 11.0. The number of phenolic OH excluding ortho intramolecular Hbond substituents is 1. The number of carbonyl (C=O) groups excluding carboxylic acids is 2. The van der Waals surface area contributed by atoms with Crippen LogP contribution in [0.15, 0.2) is 48.7 Å². The molecule has 1 saturated heterocycles. The van der Waals surface area contributed by atoms with E-state index in [4.69, 9.17) is 11.0 Å². The first-order valence-electron chi connectivity index (χ1n) is 13.6. The Hall–Kier alpha value is -4.54. The van der Waals surface area contributed by atoms with E-state index in [1.54, 1.807) is 0 Å². The molecule has 2 heterocycles. The highest BCUT2D eigenvalue weighted by molar-refractivity contribution is 5.96. The SMILES string of the molecule is Cc1c(CN2CCC(CC#N)(n3cc(C(N)=O)c(CC(=O)C4CC4C#N)n3)C(F)C2)ccc(-c2ccccc2)c1O. The van der Waals surface area contributed by atoms with E-state index in [9.17, 15) is 20.0 Å². The number of likely N-dealkylation sites (tertiary alicyclic amines) is 1. The number of aromatic hydroxyl groups is 1. The molecule has 2 fully saturated rings. The Morgan fingerprint density at radius 3 is 2.61 bits per heavy atom. The normalized spacial score (nSPS) is 23.9. The molecule has 2 aromatic carbocycles. The average Bonchev–Trinajstić information content (AvgIpc) is 3.64. The van der Waals surface area contributed by atoms with Gasteiger partial charge in [-0.25, -0.2) is 4.39 Å². The monoisotopic (exact) mass is 554 g/mol. The van der Waals surface area contributed by atoms with Gasteiger partial charge in [0, 0.05) is 37.3 Å². The summed E-state index contributed by atoms with van der Waals surface area (Å²) in [5.74, 6) is -1.53. The van der Waals surface area contributed by atoms with Crippen LogP contribution in [0.2, 0.25) is 0 Å².